The molecule has 2 aromatic rings. The highest BCUT2D eigenvalue weighted by Crippen LogP contribution is 2.31. The van der Waals surface area contributed by atoms with Crippen LogP contribution >= 0.6 is 0 Å². The first kappa shape index (κ1) is 15.3. The van der Waals surface area contributed by atoms with Gasteiger partial charge in [0.05, 0.1) is 17.7 Å². The molecule has 2 aliphatic rings. The molecular weight excluding hydrogens is 308 g/mol. The maximum Gasteiger partial charge on any atom is 0.245 e. The summed E-state index contributed by atoms with van der Waals surface area (Å²) in [4.78, 5) is 25.8. The third kappa shape index (κ3) is 2.41. The number of anilines is 1. The Morgan fingerprint density at radius 3 is 2.83 bits per heavy atom. The van der Waals surface area contributed by atoms with Gasteiger partial charge < -0.3 is 14.5 Å². The number of likely N-dealkylation sites (tertiary alicyclic amines) is 1. The average molecular weight is 330 g/mol. The fourth-order valence-corrected chi connectivity index (χ4v) is 3.76. The van der Waals surface area contributed by atoms with Gasteiger partial charge in [-0.2, -0.15) is 5.10 Å². The standard InChI is InChI=1S/C16H22N6O2/c1-20-14-12(8-19-20)15(18-10-17-14)22-9-11(24-2)7-13(22)16(23)21-5-3-4-6-21/h8,10-11,13H,3-7,9H2,1-2H3/t11-,13-/m0/s1. The first-order valence-corrected chi connectivity index (χ1v) is 8.40. The maximum absolute atomic E-state index is 13.0. The summed E-state index contributed by atoms with van der Waals surface area (Å²) in [6.07, 6.45) is 6.21. The summed E-state index contributed by atoms with van der Waals surface area (Å²) in [6, 6.07) is -0.230. The molecule has 0 saturated carbocycles. The monoisotopic (exact) mass is 330 g/mol. The molecule has 2 fully saturated rings. The van der Waals surface area contributed by atoms with Gasteiger partial charge in [-0.1, -0.05) is 0 Å². The zero-order valence-corrected chi connectivity index (χ0v) is 14.1. The van der Waals surface area contributed by atoms with Crippen LogP contribution in [0, 0.1) is 0 Å². The van der Waals surface area contributed by atoms with Crippen LogP contribution in [-0.4, -0.2) is 69.4 Å². The van der Waals surface area contributed by atoms with Gasteiger partial charge in [0, 0.05) is 40.2 Å². The molecule has 8 heteroatoms. The molecule has 2 atom stereocenters. The van der Waals surface area contributed by atoms with Crippen molar-refractivity contribution in [2.24, 2.45) is 7.05 Å². The number of fused-ring (bicyclic) bond motifs is 1. The van der Waals surface area contributed by atoms with Gasteiger partial charge in [-0.15, -0.1) is 0 Å². The van der Waals surface area contributed by atoms with Crippen molar-refractivity contribution in [3.8, 4) is 0 Å². The van der Waals surface area contributed by atoms with E-state index in [-0.39, 0.29) is 18.1 Å². The minimum Gasteiger partial charge on any atom is -0.380 e. The van der Waals surface area contributed by atoms with Crippen molar-refractivity contribution >= 4 is 22.8 Å². The Morgan fingerprint density at radius 1 is 1.29 bits per heavy atom. The van der Waals surface area contributed by atoms with Crippen LogP contribution < -0.4 is 4.90 Å². The number of carbonyl (C=O) groups is 1. The molecule has 24 heavy (non-hydrogen) atoms. The SMILES string of the molecule is CO[C@H]1C[C@@H](C(=O)N2CCCC2)N(c2ncnc3c2cnn3C)C1. The zero-order valence-electron chi connectivity index (χ0n) is 14.1. The van der Waals surface area contributed by atoms with Crippen LogP contribution in [0.4, 0.5) is 5.82 Å². The number of methoxy groups -OCH3 is 1. The van der Waals surface area contributed by atoms with Gasteiger partial charge in [-0.3, -0.25) is 9.48 Å². The normalized spacial score (nSPS) is 24.2. The van der Waals surface area contributed by atoms with Crippen molar-refractivity contribution < 1.29 is 9.53 Å². The lowest BCUT2D eigenvalue weighted by atomic mass is 10.1. The minimum absolute atomic E-state index is 0.0308. The van der Waals surface area contributed by atoms with Gasteiger partial charge in [-0.05, 0) is 12.8 Å². The summed E-state index contributed by atoms with van der Waals surface area (Å²) in [5.74, 6) is 0.952. The van der Waals surface area contributed by atoms with Gasteiger partial charge in [0.25, 0.3) is 0 Å². The number of nitrogens with zero attached hydrogens (tertiary/aromatic N) is 6. The Morgan fingerprint density at radius 2 is 2.08 bits per heavy atom. The number of carbonyl (C=O) groups excluding carboxylic acids is 1. The summed E-state index contributed by atoms with van der Waals surface area (Å²) in [5.41, 5.74) is 0.772. The molecule has 8 nitrogen and oxygen atoms in total. The van der Waals surface area contributed by atoms with Crippen molar-refractivity contribution in [2.75, 3.05) is 31.6 Å². The smallest absolute Gasteiger partial charge is 0.245 e. The van der Waals surface area contributed by atoms with Crippen LogP contribution in [0.15, 0.2) is 12.5 Å². The van der Waals surface area contributed by atoms with E-state index in [9.17, 15) is 4.79 Å². The molecule has 0 radical (unpaired) electrons. The number of aryl methyl sites for hydroxylation is 1. The second-order valence-corrected chi connectivity index (χ2v) is 6.50. The fraction of sp³-hybridized carbons (Fsp3) is 0.625. The molecule has 128 valence electrons. The number of amides is 1. The largest absolute Gasteiger partial charge is 0.380 e. The summed E-state index contributed by atoms with van der Waals surface area (Å²) in [6.45, 7) is 2.36. The van der Waals surface area contributed by atoms with Crippen LogP contribution in [0.2, 0.25) is 0 Å². The second kappa shape index (κ2) is 6.01. The van der Waals surface area contributed by atoms with Gasteiger partial charge >= 0.3 is 0 Å². The van der Waals surface area contributed by atoms with Crippen LogP contribution in [0.1, 0.15) is 19.3 Å². The number of rotatable bonds is 3. The van der Waals surface area contributed by atoms with E-state index in [1.165, 1.54) is 6.33 Å². The summed E-state index contributed by atoms with van der Waals surface area (Å²) in [7, 11) is 3.55. The number of aromatic nitrogens is 4. The minimum atomic E-state index is -0.230. The highest BCUT2D eigenvalue weighted by Gasteiger charge is 2.41. The van der Waals surface area contributed by atoms with E-state index in [2.05, 4.69) is 20.0 Å². The molecule has 4 rings (SSSR count). The molecule has 0 aromatic carbocycles. The van der Waals surface area contributed by atoms with E-state index < -0.39 is 0 Å². The number of hydrogen-bond donors (Lipinski definition) is 0. The van der Waals surface area contributed by atoms with E-state index in [1.54, 1.807) is 18.0 Å². The van der Waals surface area contributed by atoms with E-state index in [0.717, 1.165) is 42.8 Å². The van der Waals surface area contributed by atoms with Crippen LogP contribution in [0.25, 0.3) is 11.0 Å². The molecule has 0 bridgehead atoms. The van der Waals surface area contributed by atoms with Crippen LogP contribution in [-0.2, 0) is 16.6 Å². The Hall–Kier alpha value is -2.22. The lowest BCUT2D eigenvalue weighted by Gasteiger charge is -2.28. The third-order valence-electron chi connectivity index (χ3n) is 5.08. The van der Waals surface area contributed by atoms with Crippen LogP contribution in [0.3, 0.4) is 0 Å². The zero-order chi connectivity index (χ0) is 16.7. The van der Waals surface area contributed by atoms with E-state index in [0.29, 0.717) is 13.0 Å². The summed E-state index contributed by atoms with van der Waals surface area (Å²) >= 11 is 0. The van der Waals surface area contributed by atoms with Gasteiger partial charge in [0.2, 0.25) is 5.91 Å². The Bertz CT molecular complexity index is 754. The van der Waals surface area contributed by atoms with E-state index in [4.69, 9.17) is 4.74 Å². The summed E-state index contributed by atoms with van der Waals surface area (Å²) < 4.78 is 7.27. The topological polar surface area (TPSA) is 76.4 Å². The average Bonchev–Trinajstić information content (AvgIpc) is 3.34. The van der Waals surface area contributed by atoms with Crippen molar-refractivity contribution in [3.63, 3.8) is 0 Å². The number of ether oxygens (including phenoxy) is 1. The Labute approximate surface area is 140 Å². The van der Waals surface area contributed by atoms with Crippen molar-refractivity contribution in [2.45, 2.75) is 31.4 Å². The van der Waals surface area contributed by atoms with Gasteiger partial charge in [-0.25, -0.2) is 9.97 Å². The van der Waals surface area contributed by atoms with Crippen molar-refractivity contribution in [1.82, 2.24) is 24.6 Å². The first-order valence-electron chi connectivity index (χ1n) is 8.40. The maximum atomic E-state index is 13.0. The first-order chi connectivity index (χ1) is 11.7. The lowest BCUT2D eigenvalue weighted by molar-refractivity contribution is -0.131. The molecule has 0 N–H and O–H groups in total. The van der Waals surface area contributed by atoms with Crippen molar-refractivity contribution in [1.29, 1.82) is 0 Å². The molecule has 2 aromatic heterocycles. The quantitative estimate of drug-likeness (QED) is 0.819. The Balaban J connectivity index is 1.71. The predicted octanol–water partition coefficient (Wildman–Crippen LogP) is 0.579. The molecule has 1 amide bonds. The molecule has 2 aliphatic heterocycles. The predicted molar refractivity (Wildman–Crippen MR) is 88.7 cm³/mol. The van der Waals surface area contributed by atoms with Gasteiger partial charge in [0.15, 0.2) is 5.65 Å². The van der Waals surface area contributed by atoms with E-state index >= 15 is 0 Å². The van der Waals surface area contributed by atoms with Crippen molar-refractivity contribution in [3.05, 3.63) is 12.5 Å². The molecule has 4 heterocycles. The van der Waals surface area contributed by atoms with Gasteiger partial charge in [0.1, 0.15) is 18.2 Å². The number of hydrogen-bond acceptors (Lipinski definition) is 6. The fourth-order valence-electron chi connectivity index (χ4n) is 3.76. The third-order valence-corrected chi connectivity index (χ3v) is 5.08. The summed E-state index contributed by atoms with van der Waals surface area (Å²) in [5, 5.41) is 5.15. The Kier molecular flexibility index (Phi) is 3.84. The molecule has 0 spiro atoms. The highest BCUT2D eigenvalue weighted by molar-refractivity contribution is 5.92. The molecule has 2 saturated heterocycles. The lowest BCUT2D eigenvalue weighted by Crippen LogP contribution is -2.45. The molecule has 0 aliphatic carbocycles. The van der Waals surface area contributed by atoms with E-state index in [1.807, 2.05) is 11.9 Å². The molecular formula is C16H22N6O2. The highest BCUT2D eigenvalue weighted by atomic mass is 16.5. The molecule has 0 unspecified atom stereocenters. The second-order valence-electron chi connectivity index (χ2n) is 6.50. The van der Waals surface area contributed by atoms with Crippen LogP contribution in [0.5, 0.6) is 0 Å².